The Kier molecular flexibility index (Phi) is 6.97. The van der Waals surface area contributed by atoms with Crippen LogP contribution in [0.5, 0.6) is 0 Å². The minimum atomic E-state index is -0.377. The standard InChI is InChI=1S/C25H23FN4OS/c1-18(24(31)27-17-16-19-8-4-2-5-9-19)32-25-29-28-23(20-10-6-3-7-11-20)30(25)22-14-12-21(26)13-15-22/h2-15,18H,16-17H2,1H3,(H,27,31). The second kappa shape index (κ2) is 10.2. The number of hydrogen-bond donors (Lipinski definition) is 1. The molecule has 7 heteroatoms. The van der Waals surface area contributed by atoms with Crippen molar-refractivity contribution in [3.8, 4) is 17.1 Å². The van der Waals surface area contributed by atoms with Crippen molar-refractivity contribution in [2.45, 2.75) is 23.8 Å². The van der Waals surface area contributed by atoms with Crippen LogP contribution in [0.2, 0.25) is 0 Å². The number of carbonyl (C=O) groups is 1. The van der Waals surface area contributed by atoms with Crippen LogP contribution in [0.25, 0.3) is 17.1 Å². The van der Waals surface area contributed by atoms with Gasteiger partial charge in [-0.25, -0.2) is 4.39 Å². The normalized spacial score (nSPS) is 11.8. The molecule has 0 aliphatic heterocycles. The highest BCUT2D eigenvalue weighted by Gasteiger charge is 2.21. The average molecular weight is 447 g/mol. The molecule has 0 saturated carbocycles. The molecule has 4 aromatic rings. The number of benzene rings is 3. The highest BCUT2D eigenvalue weighted by Crippen LogP contribution is 2.30. The minimum absolute atomic E-state index is 0.0687. The van der Waals surface area contributed by atoms with Crippen LogP contribution in [-0.4, -0.2) is 32.5 Å². The van der Waals surface area contributed by atoms with Crippen molar-refractivity contribution in [2.75, 3.05) is 6.54 Å². The number of amides is 1. The molecule has 1 N–H and O–H groups in total. The Morgan fingerprint density at radius 3 is 2.31 bits per heavy atom. The lowest BCUT2D eigenvalue weighted by Crippen LogP contribution is -2.32. The van der Waals surface area contributed by atoms with Gasteiger partial charge in [0.05, 0.1) is 5.25 Å². The number of rotatable bonds is 8. The van der Waals surface area contributed by atoms with Crippen molar-refractivity contribution in [1.82, 2.24) is 20.1 Å². The highest BCUT2D eigenvalue weighted by atomic mass is 32.2. The van der Waals surface area contributed by atoms with Crippen LogP contribution in [0.4, 0.5) is 4.39 Å². The summed E-state index contributed by atoms with van der Waals surface area (Å²) in [6.45, 7) is 2.40. The van der Waals surface area contributed by atoms with Crippen LogP contribution in [0.1, 0.15) is 12.5 Å². The van der Waals surface area contributed by atoms with Gasteiger partial charge in [0.15, 0.2) is 11.0 Å². The minimum Gasteiger partial charge on any atom is -0.355 e. The Morgan fingerprint density at radius 1 is 0.969 bits per heavy atom. The largest absolute Gasteiger partial charge is 0.355 e. The number of halogens is 1. The molecule has 1 heterocycles. The summed E-state index contributed by atoms with van der Waals surface area (Å²) in [6, 6.07) is 25.9. The smallest absolute Gasteiger partial charge is 0.233 e. The molecule has 32 heavy (non-hydrogen) atoms. The molecular weight excluding hydrogens is 423 g/mol. The van der Waals surface area contributed by atoms with Crippen LogP contribution in [0.3, 0.4) is 0 Å². The van der Waals surface area contributed by atoms with Crippen molar-refractivity contribution < 1.29 is 9.18 Å². The number of hydrogen-bond acceptors (Lipinski definition) is 4. The van der Waals surface area contributed by atoms with Gasteiger partial charge in [-0.1, -0.05) is 72.4 Å². The van der Waals surface area contributed by atoms with Crippen molar-refractivity contribution in [1.29, 1.82) is 0 Å². The summed E-state index contributed by atoms with van der Waals surface area (Å²) in [5, 5.41) is 11.9. The molecule has 1 atom stereocenters. The van der Waals surface area contributed by atoms with Gasteiger partial charge < -0.3 is 5.32 Å². The third kappa shape index (κ3) is 5.23. The van der Waals surface area contributed by atoms with Crippen LogP contribution in [-0.2, 0) is 11.2 Å². The van der Waals surface area contributed by atoms with Crippen LogP contribution in [0.15, 0.2) is 90.1 Å². The molecule has 0 bridgehead atoms. The predicted molar refractivity (Wildman–Crippen MR) is 125 cm³/mol. The lowest BCUT2D eigenvalue weighted by molar-refractivity contribution is -0.120. The van der Waals surface area contributed by atoms with Gasteiger partial charge in [-0.15, -0.1) is 10.2 Å². The Labute approximate surface area is 190 Å². The molecule has 0 fully saturated rings. The first-order valence-corrected chi connectivity index (χ1v) is 11.2. The number of nitrogens with one attached hydrogen (secondary N) is 1. The summed E-state index contributed by atoms with van der Waals surface area (Å²) in [5.41, 5.74) is 2.79. The van der Waals surface area contributed by atoms with Crippen molar-refractivity contribution in [3.05, 3.63) is 96.3 Å². The third-order valence-electron chi connectivity index (χ3n) is 4.96. The average Bonchev–Trinajstić information content (AvgIpc) is 3.24. The van der Waals surface area contributed by atoms with E-state index in [1.54, 1.807) is 12.1 Å². The lowest BCUT2D eigenvalue weighted by atomic mass is 10.1. The van der Waals surface area contributed by atoms with Gasteiger partial charge in [-0.3, -0.25) is 9.36 Å². The zero-order chi connectivity index (χ0) is 22.3. The highest BCUT2D eigenvalue weighted by molar-refractivity contribution is 8.00. The Balaban J connectivity index is 1.52. The molecule has 162 valence electrons. The summed E-state index contributed by atoms with van der Waals surface area (Å²) >= 11 is 1.32. The molecule has 5 nitrogen and oxygen atoms in total. The van der Waals surface area contributed by atoms with Crippen LogP contribution in [0, 0.1) is 5.82 Å². The van der Waals surface area contributed by atoms with Gasteiger partial charge in [0.1, 0.15) is 5.82 Å². The Bertz CT molecular complexity index is 1160. The van der Waals surface area contributed by atoms with Crippen LogP contribution < -0.4 is 5.32 Å². The Morgan fingerprint density at radius 2 is 1.62 bits per heavy atom. The van der Waals surface area contributed by atoms with E-state index in [1.807, 2.05) is 72.2 Å². The zero-order valence-corrected chi connectivity index (χ0v) is 18.4. The first-order valence-electron chi connectivity index (χ1n) is 10.4. The topological polar surface area (TPSA) is 59.8 Å². The van der Waals surface area contributed by atoms with E-state index in [0.29, 0.717) is 17.5 Å². The molecule has 0 radical (unpaired) electrons. The number of carbonyl (C=O) groups excluding carboxylic acids is 1. The summed E-state index contributed by atoms with van der Waals surface area (Å²) in [7, 11) is 0. The molecule has 0 saturated heterocycles. The molecular formula is C25H23FN4OS. The molecule has 0 aliphatic rings. The molecule has 1 amide bonds. The van der Waals surface area contributed by atoms with E-state index < -0.39 is 0 Å². The number of aromatic nitrogens is 3. The van der Waals surface area contributed by atoms with Gasteiger partial charge in [-0.05, 0) is 43.2 Å². The van der Waals surface area contributed by atoms with Crippen LogP contribution >= 0.6 is 11.8 Å². The van der Waals surface area contributed by atoms with E-state index in [-0.39, 0.29) is 17.0 Å². The summed E-state index contributed by atoms with van der Waals surface area (Å²) < 4.78 is 15.4. The van der Waals surface area contributed by atoms with Gasteiger partial charge >= 0.3 is 0 Å². The van der Waals surface area contributed by atoms with E-state index in [1.165, 1.54) is 29.5 Å². The summed E-state index contributed by atoms with van der Waals surface area (Å²) in [5.74, 6) is 0.251. The van der Waals surface area contributed by atoms with E-state index >= 15 is 0 Å². The van der Waals surface area contributed by atoms with Gasteiger partial charge in [0.2, 0.25) is 5.91 Å². The van der Waals surface area contributed by atoms with Crippen molar-refractivity contribution in [2.24, 2.45) is 0 Å². The number of nitrogens with zero attached hydrogens (tertiary/aromatic N) is 3. The SMILES string of the molecule is CC(Sc1nnc(-c2ccccc2)n1-c1ccc(F)cc1)C(=O)NCCc1ccccc1. The fraction of sp³-hybridized carbons (Fsp3) is 0.160. The monoisotopic (exact) mass is 446 g/mol. The van der Waals surface area contributed by atoms with Gasteiger partial charge in [-0.2, -0.15) is 0 Å². The maximum absolute atomic E-state index is 13.5. The molecule has 3 aromatic carbocycles. The fourth-order valence-corrected chi connectivity index (χ4v) is 4.17. The quantitative estimate of drug-likeness (QED) is 0.391. The molecule has 0 aliphatic carbocycles. The molecule has 4 rings (SSSR count). The third-order valence-corrected chi connectivity index (χ3v) is 6.00. The predicted octanol–water partition coefficient (Wildman–Crippen LogP) is 4.91. The second-order valence-electron chi connectivity index (χ2n) is 7.27. The van der Waals surface area contributed by atoms with E-state index in [0.717, 1.165) is 17.7 Å². The van der Waals surface area contributed by atoms with E-state index in [4.69, 9.17) is 0 Å². The molecule has 1 aromatic heterocycles. The zero-order valence-electron chi connectivity index (χ0n) is 17.6. The first kappa shape index (κ1) is 21.8. The maximum Gasteiger partial charge on any atom is 0.233 e. The number of thioether (sulfide) groups is 1. The molecule has 0 spiro atoms. The van der Waals surface area contributed by atoms with Gasteiger partial charge in [0, 0.05) is 17.8 Å². The van der Waals surface area contributed by atoms with E-state index in [2.05, 4.69) is 15.5 Å². The van der Waals surface area contributed by atoms with Gasteiger partial charge in [0.25, 0.3) is 0 Å². The van der Waals surface area contributed by atoms with Crippen molar-refractivity contribution >= 4 is 17.7 Å². The summed E-state index contributed by atoms with van der Waals surface area (Å²) in [6.07, 6.45) is 0.772. The Hall–Kier alpha value is -3.45. The molecule has 1 unspecified atom stereocenters. The van der Waals surface area contributed by atoms with Crippen molar-refractivity contribution in [3.63, 3.8) is 0 Å². The first-order chi connectivity index (χ1) is 15.6. The maximum atomic E-state index is 13.5. The fourth-order valence-electron chi connectivity index (χ4n) is 3.27. The summed E-state index contributed by atoms with van der Waals surface area (Å²) in [4.78, 5) is 12.7. The lowest BCUT2D eigenvalue weighted by Gasteiger charge is -2.14. The second-order valence-corrected chi connectivity index (χ2v) is 8.58. The van der Waals surface area contributed by atoms with E-state index in [9.17, 15) is 9.18 Å².